The first-order valence-electron chi connectivity index (χ1n) is 11.8. The molecule has 0 aliphatic heterocycles. The number of halogens is 3. The minimum atomic E-state index is -0.101. The zero-order chi connectivity index (χ0) is 25.8. The molecule has 0 atom stereocenters. The fourth-order valence-electron chi connectivity index (χ4n) is 4.24. The number of fused-ring (bicyclic) bond motifs is 1. The van der Waals surface area contributed by atoms with Crippen LogP contribution in [0.1, 0.15) is 50.5 Å². The van der Waals surface area contributed by atoms with Gasteiger partial charge in [0.15, 0.2) is 0 Å². The van der Waals surface area contributed by atoms with E-state index in [0.717, 1.165) is 66.0 Å². The standard InChI is InChI=1S/C28H23ClI2N2O3S/c29-21-9-3-1-6-18(21)16-36-26-22(30)12-17(13-23(26)31)14-33-28-25(20-8-2-4-10-24(20)37-28)27(34)32-15-19-7-5-11-35-19/h1,3,5-7,9,11-14H,2,4,8,10,15-16H2,(H,32,34). The van der Waals surface area contributed by atoms with Crippen LogP contribution in [-0.4, -0.2) is 12.1 Å². The molecule has 9 heteroatoms. The van der Waals surface area contributed by atoms with Gasteiger partial charge in [-0.3, -0.25) is 4.79 Å². The Balaban J connectivity index is 1.36. The van der Waals surface area contributed by atoms with Crippen molar-refractivity contribution >= 4 is 85.2 Å². The smallest absolute Gasteiger partial charge is 0.255 e. The maximum atomic E-state index is 13.2. The van der Waals surface area contributed by atoms with Gasteiger partial charge in [-0.15, -0.1) is 11.3 Å². The van der Waals surface area contributed by atoms with Gasteiger partial charge in [0.1, 0.15) is 23.1 Å². The first kappa shape index (κ1) is 26.7. The van der Waals surface area contributed by atoms with Crippen LogP contribution in [0, 0.1) is 7.14 Å². The fourth-order valence-corrected chi connectivity index (χ4v) is 7.78. The number of amides is 1. The molecule has 0 fully saturated rings. The molecule has 2 heterocycles. The van der Waals surface area contributed by atoms with Crippen molar-refractivity contribution in [2.24, 2.45) is 4.99 Å². The molecule has 1 aliphatic rings. The predicted molar refractivity (Wildman–Crippen MR) is 166 cm³/mol. The number of carbonyl (C=O) groups excluding carboxylic acids is 1. The Morgan fingerprint density at radius 1 is 1.14 bits per heavy atom. The number of aryl methyl sites for hydroxylation is 1. The van der Waals surface area contributed by atoms with Gasteiger partial charge in [-0.2, -0.15) is 0 Å². The summed E-state index contributed by atoms with van der Waals surface area (Å²) in [6.45, 7) is 0.752. The Kier molecular flexibility index (Phi) is 8.89. The zero-order valence-corrected chi connectivity index (χ0v) is 25.6. The van der Waals surface area contributed by atoms with Crippen LogP contribution in [-0.2, 0) is 26.0 Å². The third-order valence-corrected chi connectivity index (χ3v) is 9.24. The Morgan fingerprint density at radius 2 is 1.92 bits per heavy atom. The van der Waals surface area contributed by atoms with Crippen LogP contribution < -0.4 is 10.1 Å². The van der Waals surface area contributed by atoms with Gasteiger partial charge in [-0.05, 0) is 112 Å². The molecule has 4 aromatic rings. The topological polar surface area (TPSA) is 63.8 Å². The molecule has 1 amide bonds. The number of thiophene rings is 1. The molecule has 2 aromatic carbocycles. The van der Waals surface area contributed by atoms with Gasteiger partial charge in [-0.25, -0.2) is 4.99 Å². The van der Waals surface area contributed by atoms with Crippen molar-refractivity contribution in [1.82, 2.24) is 5.32 Å². The molecule has 0 bridgehead atoms. The van der Waals surface area contributed by atoms with Gasteiger partial charge in [0.25, 0.3) is 5.91 Å². The van der Waals surface area contributed by atoms with E-state index < -0.39 is 0 Å². The fraction of sp³-hybridized carbons (Fsp3) is 0.214. The van der Waals surface area contributed by atoms with Crippen molar-refractivity contribution in [2.45, 2.75) is 38.8 Å². The third-order valence-electron chi connectivity index (χ3n) is 6.06. The van der Waals surface area contributed by atoms with E-state index in [1.54, 1.807) is 17.6 Å². The van der Waals surface area contributed by atoms with E-state index in [9.17, 15) is 4.79 Å². The number of carbonyl (C=O) groups is 1. The monoisotopic (exact) mass is 756 g/mol. The lowest BCUT2D eigenvalue weighted by Gasteiger charge is -2.12. The van der Waals surface area contributed by atoms with Gasteiger partial charge in [0.2, 0.25) is 0 Å². The van der Waals surface area contributed by atoms with E-state index in [1.807, 2.05) is 54.7 Å². The average Bonchev–Trinajstić information content (AvgIpc) is 3.54. The van der Waals surface area contributed by atoms with E-state index in [2.05, 4.69) is 50.5 Å². The Hall–Kier alpha value is -1.89. The van der Waals surface area contributed by atoms with Crippen molar-refractivity contribution in [3.8, 4) is 5.75 Å². The molecule has 0 saturated carbocycles. The predicted octanol–water partition coefficient (Wildman–Crippen LogP) is 8.34. The number of hydrogen-bond acceptors (Lipinski definition) is 5. The molecule has 190 valence electrons. The number of nitrogens with one attached hydrogen (secondary N) is 1. The normalized spacial score (nSPS) is 13.1. The first-order valence-corrected chi connectivity index (χ1v) is 15.2. The van der Waals surface area contributed by atoms with Crippen LogP contribution in [0.3, 0.4) is 0 Å². The van der Waals surface area contributed by atoms with E-state index in [1.165, 1.54) is 4.88 Å². The SMILES string of the molecule is O=C(NCc1ccco1)c1c(N=Cc2cc(I)c(OCc3ccccc3Cl)c(I)c2)sc2c1CCCC2. The minimum absolute atomic E-state index is 0.101. The van der Waals surface area contributed by atoms with Gasteiger partial charge >= 0.3 is 0 Å². The van der Waals surface area contributed by atoms with Crippen LogP contribution in [0.25, 0.3) is 0 Å². The van der Waals surface area contributed by atoms with Crippen molar-refractivity contribution in [3.63, 3.8) is 0 Å². The highest BCUT2D eigenvalue weighted by atomic mass is 127. The number of ether oxygens (including phenoxy) is 1. The quantitative estimate of drug-likeness (QED) is 0.145. The van der Waals surface area contributed by atoms with E-state index in [4.69, 9.17) is 25.7 Å². The largest absolute Gasteiger partial charge is 0.487 e. The Bertz CT molecular complexity index is 1430. The van der Waals surface area contributed by atoms with Crippen molar-refractivity contribution in [1.29, 1.82) is 0 Å². The lowest BCUT2D eigenvalue weighted by molar-refractivity contribution is 0.0948. The van der Waals surface area contributed by atoms with Crippen molar-refractivity contribution in [2.75, 3.05) is 0 Å². The van der Waals surface area contributed by atoms with E-state index >= 15 is 0 Å². The number of aliphatic imine (C=N–C) groups is 1. The lowest BCUT2D eigenvalue weighted by Crippen LogP contribution is -2.23. The molecule has 5 rings (SSSR count). The second kappa shape index (κ2) is 12.3. The zero-order valence-electron chi connectivity index (χ0n) is 19.7. The number of furan rings is 1. The van der Waals surface area contributed by atoms with E-state index in [0.29, 0.717) is 23.7 Å². The molecule has 0 saturated heterocycles. The number of hydrogen-bond donors (Lipinski definition) is 1. The average molecular weight is 757 g/mol. The van der Waals surface area contributed by atoms with Crippen molar-refractivity contribution < 1.29 is 13.9 Å². The highest BCUT2D eigenvalue weighted by Crippen LogP contribution is 2.40. The van der Waals surface area contributed by atoms with Gasteiger partial charge in [-0.1, -0.05) is 29.8 Å². The summed E-state index contributed by atoms with van der Waals surface area (Å²) in [5.74, 6) is 1.45. The lowest BCUT2D eigenvalue weighted by atomic mass is 9.95. The molecule has 37 heavy (non-hydrogen) atoms. The number of nitrogens with zero attached hydrogens (tertiary/aromatic N) is 1. The summed E-state index contributed by atoms with van der Waals surface area (Å²) in [5, 5.41) is 4.46. The Labute approximate surface area is 251 Å². The van der Waals surface area contributed by atoms with Crippen LogP contribution in [0.15, 0.2) is 64.2 Å². The maximum Gasteiger partial charge on any atom is 0.255 e. The summed E-state index contributed by atoms with van der Waals surface area (Å²) in [4.78, 5) is 19.3. The Morgan fingerprint density at radius 3 is 2.68 bits per heavy atom. The molecule has 0 spiro atoms. The van der Waals surface area contributed by atoms with Crippen LogP contribution >= 0.6 is 68.1 Å². The second-order valence-electron chi connectivity index (χ2n) is 8.61. The molecular weight excluding hydrogens is 734 g/mol. The highest BCUT2D eigenvalue weighted by molar-refractivity contribution is 14.1. The molecule has 5 nitrogen and oxygen atoms in total. The summed E-state index contributed by atoms with van der Waals surface area (Å²) < 4.78 is 13.5. The summed E-state index contributed by atoms with van der Waals surface area (Å²) in [5.41, 5.74) is 3.74. The molecule has 2 aromatic heterocycles. The van der Waals surface area contributed by atoms with E-state index in [-0.39, 0.29) is 5.91 Å². The number of rotatable bonds is 8. The molecule has 0 radical (unpaired) electrons. The molecular formula is C28H23ClI2N2O3S. The minimum Gasteiger partial charge on any atom is -0.487 e. The highest BCUT2D eigenvalue weighted by Gasteiger charge is 2.25. The molecule has 0 unspecified atom stereocenters. The van der Waals surface area contributed by atoms with Crippen LogP contribution in [0.2, 0.25) is 5.02 Å². The van der Waals surface area contributed by atoms with Crippen LogP contribution in [0.4, 0.5) is 5.00 Å². The molecule has 1 aliphatic carbocycles. The van der Waals surface area contributed by atoms with Gasteiger partial charge < -0.3 is 14.5 Å². The van der Waals surface area contributed by atoms with Gasteiger partial charge in [0.05, 0.1) is 25.5 Å². The second-order valence-corrected chi connectivity index (χ2v) is 12.4. The van der Waals surface area contributed by atoms with Gasteiger partial charge in [0, 0.05) is 21.7 Å². The van der Waals surface area contributed by atoms with Crippen LogP contribution in [0.5, 0.6) is 5.75 Å². The summed E-state index contributed by atoms with van der Waals surface area (Å²) >= 11 is 12.5. The summed E-state index contributed by atoms with van der Waals surface area (Å²) in [6, 6.07) is 15.4. The maximum absolute atomic E-state index is 13.2. The molecule has 1 N–H and O–H groups in total. The summed E-state index contributed by atoms with van der Waals surface area (Å²) in [7, 11) is 0. The summed E-state index contributed by atoms with van der Waals surface area (Å²) in [6.07, 6.45) is 7.61. The third kappa shape index (κ3) is 6.40. The first-order chi connectivity index (χ1) is 18.0. The number of benzene rings is 2. The van der Waals surface area contributed by atoms with Crippen molar-refractivity contribution in [3.05, 3.63) is 99.8 Å².